The van der Waals surface area contributed by atoms with Crippen molar-refractivity contribution < 1.29 is 22.7 Å². The molecule has 0 aliphatic carbocycles. The zero-order valence-corrected chi connectivity index (χ0v) is 20.1. The van der Waals surface area contributed by atoms with Crippen molar-refractivity contribution >= 4 is 40.6 Å². The summed E-state index contributed by atoms with van der Waals surface area (Å²) in [5.41, 5.74) is -0.0782. The first kappa shape index (κ1) is 25.7. The Morgan fingerprint density at radius 3 is 2.49 bits per heavy atom. The van der Waals surface area contributed by atoms with E-state index in [2.05, 4.69) is 42.4 Å². The van der Waals surface area contributed by atoms with E-state index >= 15 is 0 Å². The number of halogens is 3. The number of pyridine rings is 1. The molecule has 1 amide bonds. The average molecular weight is 514 g/mol. The largest absolute Gasteiger partial charge is 0.481 e. The number of anilines is 6. The Morgan fingerprint density at radius 2 is 1.81 bits per heavy atom. The van der Waals surface area contributed by atoms with Gasteiger partial charge in [0.15, 0.2) is 0 Å². The number of hydrogen-bond acceptors (Lipinski definition) is 8. The number of nitrogens with one attached hydrogen (secondary N) is 3. The molecule has 0 saturated carbocycles. The van der Waals surface area contributed by atoms with Gasteiger partial charge >= 0.3 is 6.18 Å². The lowest BCUT2D eigenvalue weighted by Crippen LogP contribution is -2.30. The first-order valence-corrected chi connectivity index (χ1v) is 11.6. The van der Waals surface area contributed by atoms with Gasteiger partial charge < -0.3 is 25.6 Å². The summed E-state index contributed by atoms with van der Waals surface area (Å²) in [6.07, 6.45) is 0.293. The lowest BCUT2D eigenvalue weighted by molar-refractivity contribution is -0.137. The summed E-state index contributed by atoms with van der Waals surface area (Å²) in [6, 6.07) is 9.71. The van der Waals surface area contributed by atoms with E-state index in [0.29, 0.717) is 23.6 Å². The normalized spacial score (nSPS) is 13.6. The number of benzene rings is 1. The Hall–Kier alpha value is -4.35. The lowest BCUT2D eigenvalue weighted by Gasteiger charge is -2.28. The predicted octanol–water partition coefficient (Wildman–Crippen LogP) is 5.50. The minimum absolute atomic E-state index is 0.0686. The Morgan fingerprint density at radius 1 is 1.08 bits per heavy atom. The molecule has 3 heterocycles. The third-order valence-corrected chi connectivity index (χ3v) is 5.65. The van der Waals surface area contributed by atoms with Gasteiger partial charge in [0.05, 0.1) is 18.5 Å². The van der Waals surface area contributed by atoms with E-state index < -0.39 is 23.5 Å². The maximum Gasteiger partial charge on any atom is 0.421 e. The van der Waals surface area contributed by atoms with Crippen LogP contribution in [0, 0.1) is 0 Å². The van der Waals surface area contributed by atoms with Crippen molar-refractivity contribution in [2.75, 3.05) is 41.0 Å². The number of rotatable bonds is 8. The van der Waals surface area contributed by atoms with Crippen molar-refractivity contribution in [3.8, 4) is 5.88 Å². The summed E-state index contributed by atoms with van der Waals surface area (Å²) in [5.74, 6) is -0.0172. The van der Waals surface area contributed by atoms with Crippen LogP contribution in [0.5, 0.6) is 5.88 Å². The summed E-state index contributed by atoms with van der Waals surface area (Å²) in [7, 11) is 1.49. The number of piperidine rings is 1. The second kappa shape index (κ2) is 11.1. The van der Waals surface area contributed by atoms with Crippen molar-refractivity contribution in [1.29, 1.82) is 0 Å². The Bertz CT molecular complexity index is 1280. The van der Waals surface area contributed by atoms with E-state index in [-0.39, 0.29) is 17.3 Å². The Kier molecular flexibility index (Phi) is 7.75. The number of carbonyl (C=O) groups is 1. The van der Waals surface area contributed by atoms with Crippen LogP contribution in [0.1, 0.15) is 24.8 Å². The van der Waals surface area contributed by atoms with Gasteiger partial charge in [-0.2, -0.15) is 23.1 Å². The summed E-state index contributed by atoms with van der Waals surface area (Å²) in [6.45, 7) is 5.10. The Balaban J connectivity index is 1.67. The number of carbonyl (C=O) groups excluding carboxylic acids is 1. The van der Waals surface area contributed by atoms with Crippen molar-refractivity contribution in [2.24, 2.45) is 0 Å². The molecule has 0 radical (unpaired) electrons. The van der Waals surface area contributed by atoms with Gasteiger partial charge in [0.2, 0.25) is 17.7 Å². The summed E-state index contributed by atoms with van der Waals surface area (Å²) in [4.78, 5) is 26.4. The van der Waals surface area contributed by atoms with E-state index in [1.54, 1.807) is 30.3 Å². The number of hydrogen-bond donors (Lipinski definition) is 3. The third kappa shape index (κ3) is 6.46. The van der Waals surface area contributed by atoms with Crippen LogP contribution in [0.15, 0.2) is 55.3 Å². The molecule has 4 rings (SSSR count). The second-order valence-electron chi connectivity index (χ2n) is 8.25. The molecule has 1 aliphatic rings. The number of amides is 1. The van der Waals surface area contributed by atoms with Gasteiger partial charge in [-0.25, -0.2) is 4.98 Å². The molecule has 1 aromatic carbocycles. The molecule has 3 N–H and O–H groups in total. The molecule has 1 fully saturated rings. The molecule has 194 valence electrons. The SMILES string of the molecule is C=CC(=O)Nc1ccccc1Nc1nc(Nc2cc(OC)nc(N3CCCCC3)c2)ncc1C(F)(F)F. The van der Waals surface area contributed by atoms with Crippen LogP contribution in [0.4, 0.5) is 47.8 Å². The van der Waals surface area contributed by atoms with Crippen LogP contribution in [-0.2, 0) is 11.0 Å². The zero-order chi connectivity index (χ0) is 26.4. The molecule has 3 aromatic rings. The van der Waals surface area contributed by atoms with E-state index in [9.17, 15) is 18.0 Å². The molecule has 0 unspecified atom stereocenters. The fraction of sp³-hybridized carbons (Fsp3) is 0.280. The number of ether oxygens (including phenoxy) is 1. The van der Waals surface area contributed by atoms with Gasteiger partial charge in [-0.1, -0.05) is 18.7 Å². The lowest BCUT2D eigenvalue weighted by atomic mass is 10.1. The van der Waals surface area contributed by atoms with Crippen molar-refractivity contribution in [3.63, 3.8) is 0 Å². The quantitative estimate of drug-likeness (QED) is 0.339. The van der Waals surface area contributed by atoms with Gasteiger partial charge in [-0.15, -0.1) is 0 Å². The first-order chi connectivity index (χ1) is 17.8. The molecule has 1 saturated heterocycles. The van der Waals surface area contributed by atoms with Crippen molar-refractivity contribution in [2.45, 2.75) is 25.4 Å². The van der Waals surface area contributed by atoms with Crippen LogP contribution in [0.3, 0.4) is 0 Å². The maximum atomic E-state index is 13.8. The van der Waals surface area contributed by atoms with Crippen LogP contribution < -0.4 is 25.6 Å². The van der Waals surface area contributed by atoms with Crippen LogP contribution in [0.25, 0.3) is 0 Å². The maximum absolute atomic E-state index is 13.8. The molecule has 37 heavy (non-hydrogen) atoms. The molecule has 12 heteroatoms. The van der Waals surface area contributed by atoms with Gasteiger partial charge in [-0.3, -0.25) is 4.79 Å². The minimum Gasteiger partial charge on any atom is -0.481 e. The number of nitrogens with zero attached hydrogens (tertiary/aromatic N) is 4. The molecular weight excluding hydrogens is 487 g/mol. The fourth-order valence-electron chi connectivity index (χ4n) is 3.84. The highest BCUT2D eigenvalue weighted by molar-refractivity contribution is 6.01. The summed E-state index contributed by atoms with van der Waals surface area (Å²) in [5, 5.41) is 8.20. The van der Waals surface area contributed by atoms with Crippen molar-refractivity contribution in [3.05, 3.63) is 60.8 Å². The molecule has 0 atom stereocenters. The molecule has 9 nitrogen and oxygen atoms in total. The highest BCUT2D eigenvalue weighted by Crippen LogP contribution is 2.37. The smallest absolute Gasteiger partial charge is 0.421 e. The minimum atomic E-state index is -4.72. The van der Waals surface area contributed by atoms with Gasteiger partial charge in [0, 0.05) is 37.1 Å². The predicted molar refractivity (Wildman–Crippen MR) is 136 cm³/mol. The standard InChI is InChI=1S/C25H26F3N7O2/c1-3-21(36)31-18-9-5-6-10-19(18)32-23-17(25(26,27)28)15-29-24(34-23)30-16-13-20(33-22(14-16)37-2)35-11-7-4-8-12-35/h3,5-6,9-10,13-15H,1,4,7-8,11-12H2,2H3,(H,31,36)(H2,29,30,32,33,34). The molecule has 0 spiro atoms. The van der Waals surface area contributed by atoms with E-state index in [1.807, 2.05) is 0 Å². The number of aromatic nitrogens is 3. The average Bonchev–Trinajstić information content (AvgIpc) is 2.89. The van der Waals surface area contributed by atoms with Crippen molar-refractivity contribution in [1.82, 2.24) is 15.0 Å². The molecule has 1 aliphatic heterocycles. The second-order valence-corrected chi connectivity index (χ2v) is 8.25. The number of methoxy groups -OCH3 is 1. The highest BCUT2D eigenvalue weighted by Gasteiger charge is 2.35. The van der Waals surface area contributed by atoms with Crippen LogP contribution >= 0.6 is 0 Å². The number of alkyl halides is 3. The van der Waals surface area contributed by atoms with Crippen LogP contribution in [0.2, 0.25) is 0 Å². The molecule has 0 bridgehead atoms. The number of para-hydroxylation sites is 2. The first-order valence-electron chi connectivity index (χ1n) is 11.6. The van der Waals surface area contributed by atoms with E-state index in [1.165, 1.54) is 13.2 Å². The summed E-state index contributed by atoms with van der Waals surface area (Å²) >= 11 is 0. The topological polar surface area (TPSA) is 104 Å². The van der Waals surface area contributed by atoms with E-state index in [4.69, 9.17) is 4.74 Å². The molecular formula is C25H26F3N7O2. The van der Waals surface area contributed by atoms with Gasteiger partial charge in [0.25, 0.3) is 0 Å². The van der Waals surface area contributed by atoms with E-state index in [0.717, 1.165) is 38.4 Å². The monoisotopic (exact) mass is 513 g/mol. The zero-order valence-electron chi connectivity index (χ0n) is 20.1. The van der Waals surface area contributed by atoms with Crippen LogP contribution in [-0.4, -0.2) is 41.1 Å². The third-order valence-electron chi connectivity index (χ3n) is 5.65. The summed E-state index contributed by atoms with van der Waals surface area (Å²) < 4.78 is 46.7. The van der Waals surface area contributed by atoms with Gasteiger partial charge in [0.1, 0.15) is 17.2 Å². The highest BCUT2D eigenvalue weighted by atomic mass is 19.4. The van der Waals surface area contributed by atoms with Gasteiger partial charge in [-0.05, 0) is 37.5 Å². The Labute approximate surface area is 211 Å². The fourth-order valence-corrected chi connectivity index (χ4v) is 3.84. The molecule has 2 aromatic heterocycles.